The Morgan fingerprint density at radius 1 is 1.50 bits per heavy atom. The van der Waals surface area contributed by atoms with Crippen LogP contribution >= 0.6 is 0 Å². The minimum absolute atomic E-state index is 0.605. The first kappa shape index (κ1) is 5.65. The molecule has 2 rings (SSSR count). The maximum Gasteiger partial charge on any atom is 0.0890 e. The van der Waals surface area contributed by atoms with Gasteiger partial charge < -0.3 is 5.73 Å². The van der Waals surface area contributed by atoms with Gasteiger partial charge in [-0.15, -0.1) is 0 Å². The van der Waals surface area contributed by atoms with Gasteiger partial charge in [0.25, 0.3) is 0 Å². The number of nitrogens with zero attached hydrogens (tertiary/aromatic N) is 2. The molecule has 0 atom stereocenters. The molecule has 0 radical (unpaired) electrons. The van der Waals surface area contributed by atoms with Crippen LogP contribution in [0.25, 0.3) is 0 Å². The maximum absolute atomic E-state index is 5.66. The lowest BCUT2D eigenvalue weighted by Gasteiger charge is -1.97. The normalized spacial score (nSPS) is 17.2. The third kappa shape index (κ3) is 0.835. The summed E-state index contributed by atoms with van der Waals surface area (Å²) in [5.74, 6) is 0.605. The highest BCUT2D eigenvalue weighted by Crippen LogP contribution is 2.40. The molecule has 0 amide bonds. The highest BCUT2D eigenvalue weighted by molar-refractivity contribution is 5.44. The van der Waals surface area contributed by atoms with Crippen LogP contribution in [0.1, 0.15) is 24.5 Å². The van der Waals surface area contributed by atoms with Crippen LogP contribution in [0, 0.1) is 0 Å². The first-order valence-corrected chi connectivity index (χ1v) is 3.45. The largest absolute Gasteiger partial charge is 0.397 e. The summed E-state index contributed by atoms with van der Waals surface area (Å²) in [4.78, 5) is 0. The molecule has 1 aromatic heterocycles. The molecular formula is C7H9N3. The molecule has 0 bridgehead atoms. The van der Waals surface area contributed by atoms with Crippen LogP contribution in [0.15, 0.2) is 12.3 Å². The third-order valence-corrected chi connectivity index (χ3v) is 1.75. The molecule has 2 N–H and O–H groups in total. The zero-order valence-corrected chi connectivity index (χ0v) is 5.62. The fraction of sp³-hybridized carbons (Fsp3) is 0.429. The van der Waals surface area contributed by atoms with Crippen molar-refractivity contribution in [3.8, 4) is 0 Å². The molecule has 1 saturated carbocycles. The van der Waals surface area contributed by atoms with Crippen molar-refractivity contribution in [2.24, 2.45) is 0 Å². The average Bonchev–Trinajstić information content (AvgIpc) is 2.71. The van der Waals surface area contributed by atoms with E-state index in [1.54, 1.807) is 12.3 Å². The van der Waals surface area contributed by atoms with Crippen molar-refractivity contribution >= 4 is 5.69 Å². The van der Waals surface area contributed by atoms with Gasteiger partial charge in [-0.3, -0.25) is 0 Å². The van der Waals surface area contributed by atoms with Crippen molar-refractivity contribution in [1.82, 2.24) is 10.2 Å². The molecular weight excluding hydrogens is 126 g/mol. The van der Waals surface area contributed by atoms with Crippen LogP contribution < -0.4 is 5.73 Å². The lowest BCUT2D eigenvalue weighted by Crippen LogP contribution is -1.96. The van der Waals surface area contributed by atoms with Gasteiger partial charge in [0.15, 0.2) is 0 Å². The number of hydrogen-bond donors (Lipinski definition) is 1. The van der Waals surface area contributed by atoms with Gasteiger partial charge in [-0.1, -0.05) is 0 Å². The van der Waals surface area contributed by atoms with Gasteiger partial charge >= 0.3 is 0 Å². The standard InChI is InChI=1S/C7H9N3/c8-6-3-4-9-10-7(6)5-1-2-5/h3-5H,1-2H2,(H2,8,9). The second-order valence-electron chi connectivity index (χ2n) is 2.65. The molecule has 3 heteroatoms. The Morgan fingerprint density at radius 2 is 2.30 bits per heavy atom. The van der Waals surface area contributed by atoms with E-state index < -0.39 is 0 Å². The Kier molecular flexibility index (Phi) is 1.09. The van der Waals surface area contributed by atoms with Crippen LogP contribution in [0.2, 0.25) is 0 Å². The van der Waals surface area contributed by atoms with Crippen LogP contribution in [0.4, 0.5) is 5.69 Å². The molecule has 0 aliphatic heterocycles. The summed E-state index contributed by atoms with van der Waals surface area (Å²) in [6.45, 7) is 0. The van der Waals surface area contributed by atoms with Crippen molar-refractivity contribution in [2.75, 3.05) is 5.73 Å². The molecule has 1 aliphatic rings. The summed E-state index contributed by atoms with van der Waals surface area (Å²) in [7, 11) is 0. The molecule has 52 valence electrons. The number of nitrogens with two attached hydrogens (primary N) is 1. The Hall–Kier alpha value is -1.12. The van der Waals surface area contributed by atoms with E-state index in [9.17, 15) is 0 Å². The average molecular weight is 135 g/mol. The first-order valence-electron chi connectivity index (χ1n) is 3.45. The monoisotopic (exact) mass is 135 g/mol. The van der Waals surface area contributed by atoms with Crippen molar-refractivity contribution in [3.63, 3.8) is 0 Å². The molecule has 1 aromatic rings. The number of anilines is 1. The van der Waals surface area contributed by atoms with E-state index in [4.69, 9.17) is 5.73 Å². The Morgan fingerprint density at radius 3 is 2.90 bits per heavy atom. The van der Waals surface area contributed by atoms with E-state index in [1.807, 2.05) is 0 Å². The summed E-state index contributed by atoms with van der Waals surface area (Å²) < 4.78 is 0. The van der Waals surface area contributed by atoms with Crippen LogP contribution in [0.3, 0.4) is 0 Å². The van der Waals surface area contributed by atoms with Gasteiger partial charge in [-0.2, -0.15) is 10.2 Å². The molecule has 0 spiro atoms. The lowest BCUT2D eigenvalue weighted by molar-refractivity contribution is 0.915. The highest BCUT2D eigenvalue weighted by Gasteiger charge is 2.26. The van der Waals surface area contributed by atoms with E-state index >= 15 is 0 Å². The molecule has 10 heavy (non-hydrogen) atoms. The summed E-state index contributed by atoms with van der Waals surface area (Å²) in [6, 6.07) is 1.81. The van der Waals surface area contributed by atoms with E-state index in [2.05, 4.69) is 10.2 Å². The minimum atomic E-state index is 0.605. The quantitative estimate of drug-likeness (QED) is 0.623. The van der Waals surface area contributed by atoms with Gasteiger partial charge in [-0.25, -0.2) is 0 Å². The molecule has 1 aliphatic carbocycles. The summed E-state index contributed by atoms with van der Waals surface area (Å²) in [6.07, 6.45) is 4.08. The highest BCUT2D eigenvalue weighted by atomic mass is 15.1. The number of rotatable bonds is 1. The Balaban J connectivity index is 2.39. The summed E-state index contributed by atoms with van der Waals surface area (Å²) in [5, 5.41) is 7.74. The van der Waals surface area contributed by atoms with Crippen molar-refractivity contribution in [3.05, 3.63) is 18.0 Å². The van der Waals surface area contributed by atoms with Gasteiger partial charge in [0.1, 0.15) is 0 Å². The van der Waals surface area contributed by atoms with Crippen molar-refractivity contribution in [1.29, 1.82) is 0 Å². The van der Waals surface area contributed by atoms with E-state index in [1.165, 1.54) is 12.8 Å². The molecule has 3 nitrogen and oxygen atoms in total. The SMILES string of the molecule is Nc1ccnnc1C1CC1. The summed E-state index contributed by atoms with van der Waals surface area (Å²) >= 11 is 0. The van der Waals surface area contributed by atoms with E-state index in [0.29, 0.717) is 5.92 Å². The Labute approximate surface area is 59.3 Å². The van der Waals surface area contributed by atoms with Gasteiger partial charge in [0, 0.05) is 5.92 Å². The fourth-order valence-electron chi connectivity index (χ4n) is 1.03. The zero-order chi connectivity index (χ0) is 6.97. The van der Waals surface area contributed by atoms with Crippen molar-refractivity contribution < 1.29 is 0 Å². The second-order valence-corrected chi connectivity index (χ2v) is 2.65. The molecule has 0 unspecified atom stereocenters. The molecule has 1 fully saturated rings. The number of aromatic nitrogens is 2. The van der Waals surface area contributed by atoms with Gasteiger partial charge in [0.05, 0.1) is 17.6 Å². The second kappa shape index (κ2) is 1.94. The fourth-order valence-corrected chi connectivity index (χ4v) is 1.03. The van der Waals surface area contributed by atoms with Gasteiger partial charge in [-0.05, 0) is 18.9 Å². The van der Waals surface area contributed by atoms with Crippen LogP contribution in [-0.4, -0.2) is 10.2 Å². The van der Waals surface area contributed by atoms with Crippen molar-refractivity contribution in [2.45, 2.75) is 18.8 Å². The Bertz CT molecular complexity index is 242. The van der Waals surface area contributed by atoms with Crippen LogP contribution in [0.5, 0.6) is 0 Å². The zero-order valence-electron chi connectivity index (χ0n) is 5.62. The number of nitrogen functional groups attached to an aromatic ring is 1. The summed E-state index contributed by atoms with van der Waals surface area (Å²) in [5.41, 5.74) is 7.44. The van der Waals surface area contributed by atoms with Crippen LogP contribution in [-0.2, 0) is 0 Å². The lowest BCUT2D eigenvalue weighted by atomic mass is 10.2. The van der Waals surface area contributed by atoms with Gasteiger partial charge in [0.2, 0.25) is 0 Å². The predicted molar refractivity (Wildman–Crippen MR) is 38.4 cm³/mol. The van der Waals surface area contributed by atoms with E-state index in [-0.39, 0.29) is 0 Å². The molecule has 0 aromatic carbocycles. The minimum Gasteiger partial charge on any atom is -0.397 e. The topological polar surface area (TPSA) is 51.8 Å². The maximum atomic E-state index is 5.66. The first-order chi connectivity index (χ1) is 4.88. The smallest absolute Gasteiger partial charge is 0.0890 e. The molecule has 1 heterocycles. The third-order valence-electron chi connectivity index (χ3n) is 1.75. The number of hydrogen-bond acceptors (Lipinski definition) is 3. The van der Waals surface area contributed by atoms with E-state index in [0.717, 1.165) is 11.4 Å². The molecule has 0 saturated heterocycles. The predicted octanol–water partition coefficient (Wildman–Crippen LogP) is 0.936.